The maximum absolute atomic E-state index is 11.2. The van der Waals surface area contributed by atoms with E-state index in [2.05, 4.69) is 14.8 Å². The quantitative estimate of drug-likeness (QED) is 0.563. The van der Waals surface area contributed by atoms with Gasteiger partial charge in [0.05, 0.1) is 19.8 Å². The van der Waals surface area contributed by atoms with Gasteiger partial charge in [-0.05, 0) is 27.7 Å². The predicted octanol–water partition coefficient (Wildman–Crippen LogP) is 1.70. The summed E-state index contributed by atoms with van der Waals surface area (Å²) in [5.74, 6) is 0. The first-order valence-electron chi connectivity index (χ1n) is 6.19. The van der Waals surface area contributed by atoms with E-state index in [0.717, 1.165) is 0 Å². The van der Waals surface area contributed by atoms with E-state index in [0.29, 0.717) is 13.2 Å². The number of hydrogen-bond donors (Lipinski definition) is 1. The zero-order chi connectivity index (χ0) is 14.7. The highest BCUT2D eigenvalue weighted by atomic mass is 16.7. The Hall–Kier alpha value is -1.50. The molecule has 0 aromatic rings. The van der Waals surface area contributed by atoms with E-state index < -0.39 is 17.8 Å². The van der Waals surface area contributed by atoms with Gasteiger partial charge >= 0.3 is 12.2 Å². The maximum atomic E-state index is 11.2. The number of alkyl carbamates (subject to hydrolysis) is 1. The number of rotatable bonds is 7. The summed E-state index contributed by atoms with van der Waals surface area (Å²) in [5, 5.41) is 2.54. The molecule has 0 spiro atoms. The summed E-state index contributed by atoms with van der Waals surface area (Å²) in [5.41, 5.74) is -0.515. The number of ether oxygens (including phenoxy) is 4. The van der Waals surface area contributed by atoms with E-state index in [1.54, 1.807) is 27.7 Å². The molecule has 0 heterocycles. The van der Waals surface area contributed by atoms with Gasteiger partial charge < -0.3 is 24.3 Å². The first-order chi connectivity index (χ1) is 8.85. The number of carbonyl (C=O) groups is 2. The highest BCUT2D eigenvalue weighted by molar-refractivity contribution is 5.67. The van der Waals surface area contributed by atoms with Crippen molar-refractivity contribution in [1.82, 2.24) is 5.32 Å². The average molecular weight is 277 g/mol. The second-order valence-corrected chi connectivity index (χ2v) is 4.57. The van der Waals surface area contributed by atoms with Crippen LogP contribution >= 0.6 is 0 Å². The second kappa shape index (κ2) is 9.43. The topological polar surface area (TPSA) is 83.1 Å². The molecule has 7 heteroatoms. The Bertz CT molecular complexity index is 274. The highest BCUT2D eigenvalue weighted by Gasteiger charge is 2.15. The molecular formula is C12H23NO6. The van der Waals surface area contributed by atoms with Crippen LogP contribution in [0.3, 0.4) is 0 Å². The summed E-state index contributed by atoms with van der Waals surface area (Å²) in [6.45, 7) is 8.33. The van der Waals surface area contributed by atoms with Crippen molar-refractivity contribution in [2.75, 3.05) is 33.0 Å². The van der Waals surface area contributed by atoms with Gasteiger partial charge in [-0.2, -0.15) is 0 Å². The van der Waals surface area contributed by atoms with Crippen molar-refractivity contribution >= 4 is 12.2 Å². The highest BCUT2D eigenvalue weighted by Crippen LogP contribution is 2.05. The van der Waals surface area contributed by atoms with Gasteiger partial charge in [0.1, 0.15) is 12.2 Å². The molecule has 19 heavy (non-hydrogen) atoms. The van der Waals surface area contributed by atoms with Crippen molar-refractivity contribution in [1.29, 1.82) is 0 Å². The van der Waals surface area contributed by atoms with Crippen LogP contribution in [0.25, 0.3) is 0 Å². The molecule has 0 saturated heterocycles. The summed E-state index contributed by atoms with van der Waals surface area (Å²) in [4.78, 5) is 22.0. The van der Waals surface area contributed by atoms with E-state index >= 15 is 0 Å². The Kier molecular flexibility index (Phi) is 8.69. The molecule has 7 nitrogen and oxygen atoms in total. The zero-order valence-electron chi connectivity index (χ0n) is 12.0. The minimum atomic E-state index is -0.710. The Morgan fingerprint density at radius 1 is 1.05 bits per heavy atom. The summed E-state index contributed by atoms with van der Waals surface area (Å²) < 4.78 is 19.4. The summed E-state index contributed by atoms with van der Waals surface area (Å²) >= 11 is 0. The van der Waals surface area contributed by atoms with Crippen molar-refractivity contribution in [2.24, 2.45) is 0 Å². The largest absolute Gasteiger partial charge is 0.508 e. The van der Waals surface area contributed by atoms with Gasteiger partial charge in [-0.1, -0.05) is 0 Å². The van der Waals surface area contributed by atoms with E-state index in [9.17, 15) is 9.59 Å². The Labute approximate surface area is 113 Å². The third kappa shape index (κ3) is 12.7. The van der Waals surface area contributed by atoms with Gasteiger partial charge in [0.25, 0.3) is 0 Å². The molecule has 0 aliphatic carbocycles. The molecule has 0 aromatic carbocycles. The van der Waals surface area contributed by atoms with E-state index in [1.165, 1.54) is 0 Å². The van der Waals surface area contributed by atoms with Crippen molar-refractivity contribution in [3.63, 3.8) is 0 Å². The van der Waals surface area contributed by atoms with Crippen molar-refractivity contribution < 1.29 is 28.5 Å². The van der Waals surface area contributed by atoms with Gasteiger partial charge in [0.2, 0.25) is 0 Å². The molecule has 0 aliphatic heterocycles. The standard InChI is InChI=1S/C12H23NO6/c1-5-17-11(15)18-9-8-16-7-6-13-10(14)19-12(2,3)4/h5-9H2,1-4H3,(H,13,14). The first-order valence-corrected chi connectivity index (χ1v) is 6.19. The number of hydrogen-bond acceptors (Lipinski definition) is 6. The molecule has 0 atom stereocenters. The van der Waals surface area contributed by atoms with Crippen LogP contribution in [0, 0.1) is 0 Å². The number of carbonyl (C=O) groups excluding carboxylic acids is 2. The lowest BCUT2D eigenvalue weighted by molar-refractivity contribution is 0.0283. The Morgan fingerprint density at radius 2 is 1.74 bits per heavy atom. The van der Waals surface area contributed by atoms with Crippen LogP contribution in [0.4, 0.5) is 9.59 Å². The molecule has 0 aliphatic rings. The van der Waals surface area contributed by atoms with Crippen LogP contribution in [0.2, 0.25) is 0 Å². The SMILES string of the molecule is CCOC(=O)OCCOCCNC(=O)OC(C)(C)C. The Morgan fingerprint density at radius 3 is 2.32 bits per heavy atom. The van der Waals surface area contributed by atoms with Gasteiger partial charge in [-0.3, -0.25) is 0 Å². The summed E-state index contributed by atoms with van der Waals surface area (Å²) in [7, 11) is 0. The van der Waals surface area contributed by atoms with E-state index in [4.69, 9.17) is 9.47 Å². The van der Waals surface area contributed by atoms with Crippen LogP contribution in [0.15, 0.2) is 0 Å². The summed E-state index contributed by atoms with van der Waals surface area (Å²) in [6, 6.07) is 0. The molecule has 1 amide bonds. The lowest BCUT2D eigenvalue weighted by Crippen LogP contribution is -2.34. The molecule has 0 unspecified atom stereocenters. The Balaban J connectivity index is 3.36. The molecule has 0 rings (SSSR count). The van der Waals surface area contributed by atoms with Crippen molar-refractivity contribution in [2.45, 2.75) is 33.3 Å². The summed E-state index contributed by atoms with van der Waals surface area (Å²) in [6.07, 6.45) is -1.20. The van der Waals surface area contributed by atoms with Crippen LogP contribution in [0.1, 0.15) is 27.7 Å². The molecular weight excluding hydrogens is 254 g/mol. The van der Waals surface area contributed by atoms with E-state index in [-0.39, 0.29) is 19.8 Å². The molecule has 0 fully saturated rings. The third-order valence-electron chi connectivity index (χ3n) is 1.62. The smallest absolute Gasteiger partial charge is 0.444 e. The van der Waals surface area contributed by atoms with Crippen LogP contribution < -0.4 is 5.32 Å². The normalized spacial score (nSPS) is 10.7. The maximum Gasteiger partial charge on any atom is 0.508 e. The van der Waals surface area contributed by atoms with Gasteiger partial charge in [0, 0.05) is 6.54 Å². The first kappa shape index (κ1) is 17.5. The van der Waals surface area contributed by atoms with Gasteiger partial charge in [-0.25, -0.2) is 9.59 Å². The van der Waals surface area contributed by atoms with Crippen molar-refractivity contribution in [3.05, 3.63) is 0 Å². The average Bonchev–Trinajstić information content (AvgIpc) is 2.25. The van der Waals surface area contributed by atoms with E-state index in [1.807, 2.05) is 0 Å². The van der Waals surface area contributed by atoms with Gasteiger partial charge in [0.15, 0.2) is 0 Å². The molecule has 0 radical (unpaired) electrons. The third-order valence-corrected chi connectivity index (χ3v) is 1.62. The molecule has 0 aromatic heterocycles. The zero-order valence-corrected chi connectivity index (χ0v) is 12.0. The molecule has 0 saturated carbocycles. The number of nitrogens with one attached hydrogen (secondary N) is 1. The van der Waals surface area contributed by atoms with Crippen LogP contribution in [-0.2, 0) is 18.9 Å². The van der Waals surface area contributed by atoms with Crippen molar-refractivity contribution in [3.8, 4) is 0 Å². The lowest BCUT2D eigenvalue weighted by Gasteiger charge is -2.19. The predicted molar refractivity (Wildman–Crippen MR) is 68.0 cm³/mol. The lowest BCUT2D eigenvalue weighted by atomic mass is 10.2. The molecule has 112 valence electrons. The second-order valence-electron chi connectivity index (χ2n) is 4.57. The fraction of sp³-hybridized carbons (Fsp3) is 0.833. The minimum Gasteiger partial charge on any atom is -0.444 e. The fourth-order valence-corrected chi connectivity index (χ4v) is 0.985. The minimum absolute atomic E-state index is 0.116. The fourth-order valence-electron chi connectivity index (χ4n) is 0.985. The van der Waals surface area contributed by atoms with Crippen LogP contribution in [0.5, 0.6) is 0 Å². The van der Waals surface area contributed by atoms with Crippen LogP contribution in [-0.4, -0.2) is 50.8 Å². The monoisotopic (exact) mass is 277 g/mol. The molecule has 0 bridgehead atoms. The van der Waals surface area contributed by atoms with Gasteiger partial charge in [-0.15, -0.1) is 0 Å². The molecule has 1 N–H and O–H groups in total. The number of amides is 1.